The van der Waals surface area contributed by atoms with Crippen LogP contribution in [0.2, 0.25) is 0 Å². The molecule has 4 heteroatoms. The van der Waals surface area contributed by atoms with Gasteiger partial charge in [0.15, 0.2) is 0 Å². The van der Waals surface area contributed by atoms with Crippen LogP contribution in [0.15, 0.2) is 121 Å². The quantitative estimate of drug-likeness (QED) is 0.178. The van der Waals surface area contributed by atoms with Gasteiger partial charge < -0.3 is 9.13 Å². The van der Waals surface area contributed by atoms with E-state index in [4.69, 9.17) is 0 Å². The average molecular weight is 631 g/mol. The highest BCUT2D eigenvalue weighted by atomic mass is 15.0. The largest absolute Gasteiger partial charge is 0.313 e. The molecule has 0 bridgehead atoms. The molecule has 49 heavy (non-hydrogen) atoms. The zero-order valence-electron chi connectivity index (χ0n) is 27.6. The molecular weight excluding hydrogens is 597 g/mol. The van der Waals surface area contributed by atoms with E-state index in [1.54, 1.807) is 0 Å². The van der Waals surface area contributed by atoms with Crippen molar-refractivity contribution in [3.63, 3.8) is 0 Å². The van der Waals surface area contributed by atoms with Crippen molar-refractivity contribution < 1.29 is 0 Å². The van der Waals surface area contributed by atoms with E-state index in [0.29, 0.717) is 11.1 Å². The van der Waals surface area contributed by atoms with Gasteiger partial charge in [-0.25, -0.2) is 0 Å². The summed E-state index contributed by atoms with van der Waals surface area (Å²) in [6.45, 7) is 4.21. The van der Waals surface area contributed by atoms with Crippen LogP contribution in [-0.2, 0) is 12.8 Å². The Hall–Kier alpha value is -6.36. The molecule has 4 aromatic carbocycles. The summed E-state index contributed by atoms with van der Waals surface area (Å²) in [5, 5.41) is 22.2. The molecule has 8 rings (SSSR count). The molecule has 0 N–H and O–H groups in total. The highest BCUT2D eigenvalue weighted by Gasteiger charge is 2.21. The van der Waals surface area contributed by atoms with Crippen LogP contribution in [0.1, 0.15) is 65.0 Å². The number of allylic oxidation sites excluding steroid dienone is 8. The molecule has 0 saturated carbocycles. The highest BCUT2D eigenvalue weighted by molar-refractivity contribution is 5.96. The fraction of sp³-hybridized carbons (Fsp3) is 0.111. The van der Waals surface area contributed by atoms with E-state index < -0.39 is 0 Å². The standard InChI is InChI=1S/C45H34N4/c1-3-33(36-13-7-10-18-41(36)49-44-17-6-4-5-14-39(44)40-26-31(28-46)21-22-45(40)49)23-30(2)34-24-32(29-47)25-35(27-34)48-42-19-11-8-15-37(42)38-16-9-12-20-43(38)48/h3-11,13-16,18-19,21-27H,12,17,20H2,1-2H3/b30-23+,33-3+. The Morgan fingerprint density at radius 1 is 0.735 bits per heavy atom. The zero-order chi connectivity index (χ0) is 33.5. The van der Waals surface area contributed by atoms with Crippen LogP contribution in [0.5, 0.6) is 0 Å². The second kappa shape index (κ2) is 12.3. The first-order valence-corrected chi connectivity index (χ1v) is 16.8. The maximum atomic E-state index is 10.2. The first-order chi connectivity index (χ1) is 24.1. The van der Waals surface area contributed by atoms with Gasteiger partial charge in [-0.05, 0) is 91.9 Å². The van der Waals surface area contributed by atoms with Gasteiger partial charge in [-0.1, -0.05) is 85.0 Å². The van der Waals surface area contributed by atoms with Crippen LogP contribution < -0.4 is 0 Å². The van der Waals surface area contributed by atoms with Crippen molar-refractivity contribution in [3.05, 3.63) is 166 Å². The summed E-state index contributed by atoms with van der Waals surface area (Å²) in [5.41, 5.74) is 14.8. The molecule has 0 radical (unpaired) electrons. The van der Waals surface area contributed by atoms with Crippen molar-refractivity contribution in [2.75, 3.05) is 0 Å². The number of rotatable bonds is 5. The lowest BCUT2D eigenvalue weighted by Gasteiger charge is -2.17. The van der Waals surface area contributed by atoms with Crippen molar-refractivity contribution in [1.29, 1.82) is 10.5 Å². The van der Waals surface area contributed by atoms with E-state index >= 15 is 0 Å². The maximum absolute atomic E-state index is 10.2. The fourth-order valence-electron chi connectivity index (χ4n) is 7.55. The number of nitriles is 2. The predicted octanol–water partition coefficient (Wildman–Crippen LogP) is 10.9. The van der Waals surface area contributed by atoms with Crippen molar-refractivity contribution in [2.24, 2.45) is 0 Å². The van der Waals surface area contributed by atoms with Gasteiger partial charge in [-0.2, -0.15) is 10.5 Å². The molecule has 2 aromatic heterocycles. The predicted molar refractivity (Wildman–Crippen MR) is 203 cm³/mol. The van der Waals surface area contributed by atoms with Crippen LogP contribution in [0.4, 0.5) is 0 Å². The monoisotopic (exact) mass is 630 g/mol. The van der Waals surface area contributed by atoms with E-state index in [1.165, 1.54) is 22.3 Å². The van der Waals surface area contributed by atoms with Gasteiger partial charge in [0, 0.05) is 51.0 Å². The minimum Gasteiger partial charge on any atom is -0.313 e. The Labute approximate surface area is 286 Å². The van der Waals surface area contributed by atoms with Crippen molar-refractivity contribution in [3.8, 4) is 23.5 Å². The van der Waals surface area contributed by atoms with Crippen molar-refractivity contribution in [2.45, 2.75) is 33.1 Å². The molecule has 0 fully saturated rings. The number of aromatic nitrogens is 2. The molecule has 0 spiro atoms. The van der Waals surface area contributed by atoms with Gasteiger partial charge in [0.05, 0.1) is 40.0 Å². The van der Waals surface area contributed by atoms with E-state index in [9.17, 15) is 10.5 Å². The van der Waals surface area contributed by atoms with Crippen molar-refractivity contribution >= 4 is 45.1 Å². The molecule has 0 unspecified atom stereocenters. The second-order valence-electron chi connectivity index (χ2n) is 12.7. The van der Waals surface area contributed by atoms with E-state index in [-0.39, 0.29) is 0 Å². The normalized spacial score (nSPS) is 14.0. The SMILES string of the molecule is C/C=C(\C=C(/C)c1cc(C#N)cc(-n2c3c(c4ccccc42)C=CCC3)c1)c1ccccc1-n1c2c(c3cc(C#N)ccc31)C=CC=CC2. The highest BCUT2D eigenvalue weighted by Crippen LogP contribution is 2.38. The molecule has 0 aliphatic heterocycles. The summed E-state index contributed by atoms with van der Waals surface area (Å²) < 4.78 is 4.71. The lowest BCUT2D eigenvalue weighted by atomic mass is 9.96. The summed E-state index contributed by atoms with van der Waals surface area (Å²) in [6, 6.07) is 34.1. The number of fused-ring (bicyclic) bond motifs is 6. The molecule has 4 nitrogen and oxygen atoms in total. The molecule has 0 saturated heterocycles. The third-order valence-electron chi connectivity index (χ3n) is 9.81. The molecular formula is C45H34N4. The van der Waals surface area contributed by atoms with E-state index in [0.717, 1.165) is 74.9 Å². The Bertz CT molecular complexity index is 2560. The molecule has 0 atom stereocenters. The fourth-order valence-corrected chi connectivity index (χ4v) is 7.55. The summed E-state index contributed by atoms with van der Waals surface area (Å²) in [5.74, 6) is 0. The Morgan fingerprint density at radius 2 is 1.53 bits per heavy atom. The van der Waals surface area contributed by atoms with Gasteiger partial charge in [0.1, 0.15) is 0 Å². The Kier molecular flexibility index (Phi) is 7.56. The number of para-hydroxylation sites is 2. The van der Waals surface area contributed by atoms with Crippen LogP contribution in [0.3, 0.4) is 0 Å². The number of nitrogens with zero attached hydrogens (tertiary/aromatic N) is 4. The topological polar surface area (TPSA) is 57.4 Å². The Balaban J connectivity index is 1.27. The average Bonchev–Trinajstić information content (AvgIpc) is 3.53. The van der Waals surface area contributed by atoms with E-state index in [2.05, 4.69) is 144 Å². The second-order valence-corrected chi connectivity index (χ2v) is 12.7. The van der Waals surface area contributed by atoms with Gasteiger partial charge in [-0.3, -0.25) is 0 Å². The molecule has 6 aromatic rings. The summed E-state index contributed by atoms with van der Waals surface area (Å²) >= 11 is 0. The first kappa shape index (κ1) is 30.0. The minimum absolute atomic E-state index is 0.639. The van der Waals surface area contributed by atoms with Gasteiger partial charge in [0.25, 0.3) is 0 Å². The first-order valence-electron chi connectivity index (χ1n) is 16.8. The van der Waals surface area contributed by atoms with E-state index in [1.807, 2.05) is 24.3 Å². The van der Waals surface area contributed by atoms with Crippen LogP contribution >= 0.6 is 0 Å². The van der Waals surface area contributed by atoms with Crippen LogP contribution in [0.25, 0.3) is 56.5 Å². The zero-order valence-corrected chi connectivity index (χ0v) is 27.6. The third kappa shape index (κ3) is 5.07. The molecule has 0 amide bonds. The number of benzene rings is 4. The maximum Gasteiger partial charge on any atom is 0.0992 e. The smallest absolute Gasteiger partial charge is 0.0992 e. The third-order valence-corrected chi connectivity index (χ3v) is 9.81. The number of hydrogen-bond acceptors (Lipinski definition) is 2. The van der Waals surface area contributed by atoms with Crippen LogP contribution in [-0.4, -0.2) is 9.13 Å². The summed E-state index contributed by atoms with van der Waals surface area (Å²) in [4.78, 5) is 0. The van der Waals surface area contributed by atoms with Crippen LogP contribution in [0, 0.1) is 22.7 Å². The molecule has 234 valence electrons. The minimum atomic E-state index is 0.639. The Morgan fingerprint density at radius 3 is 2.39 bits per heavy atom. The van der Waals surface area contributed by atoms with Gasteiger partial charge in [-0.15, -0.1) is 0 Å². The number of hydrogen-bond donors (Lipinski definition) is 0. The summed E-state index contributed by atoms with van der Waals surface area (Å²) in [7, 11) is 0. The lowest BCUT2D eigenvalue weighted by Crippen LogP contribution is -2.04. The molecule has 2 heterocycles. The summed E-state index contributed by atoms with van der Waals surface area (Å²) in [6.07, 6.45) is 20.2. The van der Waals surface area contributed by atoms with Crippen molar-refractivity contribution in [1.82, 2.24) is 9.13 Å². The van der Waals surface area contributed by atoms with Gasteiger partial charge >= 0.3 is 0 Å². The molecule has 2 aliphatic carbocycles. The van der Waals surface area contributed by atoms with Gasteiger partial charge in [0.2, 0.25) is 0 Å². The molecule has 2 aliphatic rings. The lowest BCUT2D eigenvalue weighted by molar-refractivity contribution is 0.888.